The van der Waals surface area contributed by atoms with Gasteiger partial charge in [0.2, 0.25) is 5.78 Å². The highest BCUT2D eigenvalue weighted by molar-refractivity contribution is 6.30. The van der Waals surface area contributed by atoms with E-state index in [1.54, 1.807) is 16.7 Å². The van der Waals surface area contributed by atoms with Gasteiger partial charge in [-0.3, -0.25) is 9.20 Å². The number of unbranched alkanes of at least 4 members (excludes halogenated alkanes) is 2. The van der Waals surface area contributed by atoms with E-state index in [0.717, 1.165) is 24.2 Å². The number of fused-ring (bicyclic) bond motifs is 1. The van der Waals surface area contributed by atoms with Gasteiger partial charge in [-0.1, -0.05) is 43.5 Å². The lowest BCUT2D eigenvalue weighted by atomic mass is 10.2. The quantitative estimate of drug-likeness (QED) is 0.667. The topological polar surface area (TPSA) is 39.3 Å². The van der Waals surface area contributed by atoms with Gasteiger partial charge in [0.25, 0.3) is 5.56 Å². The Bertz CT molecular complexity index is 833. The number of aromatic nitrogens is 3. The summed E-state index contributed by atoms with van der Waals surface area (Å²) in [5.74, 6) is 0.688. The first-order valence-electron chi connectivity index (χ1n) is 7.53. The lowest BCUT2D eigenvalue weighted by Gasteiger charge is -2.06. The Morgan fingerprint density at radius 2 is 1.91 bits per heavy atom. The molecule has 0 unspecified atom stereocenters. The molecule has 0 fully saturated rings. The average Bonchev–Trinajstić information content (AvgIpc) is 2.97. The first-order chi connectivity index (χ1) is 10.7. The van der Waals surface area contributed by atoms with Gasteiger partial charge in [-0.05, 0) is 18.6 Å². The van der Waals surface area contributed by atoms with Crippen molar-refractivity contribution in [2.24, 2.45) is 0 Å². The molecule has 0 amide bonds. The minimum atomic E-state index is -0.0607. The summed E-state index contributed by atoms with van der Waals surface area (Å²) in [7, 11) is 0. The molecule has 4 nitrogen and oxygen atoms in total. The number of imidazole rings is 1. The molecule has 1 aromatic carbocycles. The fraction of sp³-hybridized carbons (Fsp3) is 0.294. The Morgan fingerprint density at radius 1 is 1.14 bits per heavy atom. The highest BCUT2D eigenvalue weighted by atomic mass is 35.5. The Balaban J connectivity index is 2.04. The van der Waals surface area contributed by atoms with Crippen LogP contribution < -0.4 is 5.56 Å². The number of nitrogens with zero attached hydrogens (tertiary/aromatic N) is 3. The Kier molecular flexibility index (Phi) is 4.29. The summed E-state index contributed by atoms with van der Waals surface area (Å²) >= 11 is 5.92. The number of hydrogen-bond acceptors (Lipinski definition) is 2. The molecule has 0 radical (unpaired) electrons. The molecular formula is C17H18ClN3O. The minimum absolute atomic E-state index is 0.0607. The molecule has 22 heavy (non-hydrogen) atoms. The van der Waals surface area contributed by atoms with Gasteiger partial charge >= 0.3 is 0 Å². The highest BCUT2D eigenvalue weighted by Gasteiger charge is 2.09. The van der Waals surface area contributed by atoms with E-state index in [9.17, 15) is 4.79 Å². The predicted octanol–water partition coefficient (Wildman–Crippen LogP) is 4.01. The van der Waals surface area contributed by atoms with Crippen LogP contribution in [0.1, 0.15) is 26.2 Å². The van der Waals surface area contributed by atoms with E-state index in [0.29, 0.717) is 10.8 Å². The molecule has 114 valence electrons. The number of aryl methyl sites for hydroxylation is 1. The second-order valence-corrected chi connectivity index (χ2v) is 5.79. The van der Waals surface area contributed by atoms with E-state index in [2.05, 4.69) is 11.9 Å². The van der Waals surface area contributed by atoms with Gasteiger partial charge in [0.15, 0.2) is 0 Å². The van der Waals surface area contributed by atoms with Crippen molar-refractivity contribution in [3.8, 4) is 11.3 Å². The van der Waals surface area contributed by atoms with E-state index < -0.39 is 0 Å². The Hall–Kier alpha value is -2.07. The largest absolute Gasteiger partial charge is 0.318 e. The third kappa shape index (κ3) is 2.92. The van der Waals surface area contributed by atoms with Gasteiger partial charge < -0.3 is 4.57 Å². The van der Waals surface area contributed by atoms with Crippen LogP contribution in [0.2, 0.25) is 5.02 Å². The lowest BCUT2D eigenvalue weighted by molar-refractivity contribution is 0.601. The fourth-order valence-corrected chi connectivity index (χ4v) is 2.63. The van der Waals surface area contributed by atoms with Crippen molar-refractivity contribution in [1.82, 2.24) is 14.0 Å². The number of benzene rings is 1. The van der Waals surface area contributed by atoms with Gasteiger partial charge in [-0.2, -0.15) is 0 Å². The smallest absolute Gasteiger partial charge is 0.258 e. The molecule has 0 aliphatic rings. The molecule has 2 aromatic heterocycles. The average molecular weight is 316 g/mol. The molecule has 3 aromatic rings. The van der Waals surface area contributed by atoms with Crippen LogP contribution in [0, 0.1) is 0 Å². The van der Waals surface area contributed by atoms with Crippen molar-refractivity contribution in [2.45, 2.75) is 32.7 Å². The van der Waals surface area contributed by atoms with Crippen LogP contribution >= 0.6 is 11.6 Å². The molecular weight excluding hydrogens is 298 g/mol. The van der Waals surface area contributed by atoms with Crippen LogP contribution in [0.3, 0.4) is 0 Å². The van der Waals surface area contributed by atoms with Crippen LogP contribution in [0.15, 0.2) is 47.5 Å². The summed E-state index contributed by atoms with van der Waals surface area (Å²) in [6.07, 6.45) is 7.03. The highest BCUT2D eigenvalue weighted by Crippen LogP contribution is 2.20. The maximum Gasteiger partial charge on any atom is 0.258 e. The fourth-order valence-electron chi connectivity index (χ4n) is 2.50. The van der Waals surface area contributed by atoms with Crippen LogP contribution in [-0.4, -0.2) is 14.0 Å². The second kappa shape index (κ2) is 6.36. The number of hydrogen-bond donors (Lipinski definition) is 0. The van der Waals surface area contributed by atoms with Gasteiger partial charge in [0.05, 0.1) is 5.69 Å². The Morgan fingerprint density at radius 3 is 2.64 bits per heavy atom. The van der Waals surface area contributed by atoms with Gasteiger partial charge in [0, 0.05) is 35.6 Å². The summed E-state index contributed by atoms with van der Waals surface area (Å²) < 4.78 is 3.65. The summed E-state index contributed by atoms with van der Waals surface area (Å²) in [4.78, 5) is 16.7. The predicted molar refractivity (Wildman–Crippen MR) is 89.4 cm³/mol. The van der Waals surface area contributed by atoms with Crippen LogP contribution in [0.25, 0.3) is 17.0 Å². The minimum Gasteiger partial charge on any atom is -0.318 e. The molecule has 3 rings (SSSR count). The van der Waals surface area contributed by atoms with E-state index in [1.807, 2.05) is 35.0 Å². The molecule has 0 bridgehead atoms. The van der Waals surface area contributed by atoms with Crippen LogP contribution in [-0.2, 0) is 6.54 Å². The first-order valence-corrected chi connectivity index (χ1v) is 7.91. The van der Waals surface area contributed by atoms with Gasteiger partial charge in [0.1, 0.15) is 0 Å². The number of rotatable bonds is 5. The van der Waals surface area contributed by atoms with Crippen molar-refractivity contribution < 1.29 is 0 Å². The van der Waals surface area contributed by atoms with Crippen LogP contribution in [0.4, 0.5) is 0 Å². The Labute approximate surface area is 134 Å². The summed E-state index contributed by atoms with van der Waals surface area (Å²) in [6, 6.07) is 9.07. The van der Waals surface area contributed by atoms with E-state index in [4.69, 9.17) is 11.6 Å². The maximum absolute atomic E-state index is 12.0. The van der Waals surface area contributed by atoms with Crippen molar-refractivity contribution in [1.29, 1.82) is 0 Å². The maximum atomic E-state index is 12.0. The normalized spacial score (nSPS) is 11.2. The zero-order chi connectivity index (χ0) is 15.5. The van der Waals surface area contributed by atoms with Gasteiger partial charge in [-0.25, -0.2) is 4.98 Å². The van der Waals surface area contributed by atoms with Gasteiger partial charge in [-0.15, -0.1) is 0 Å². The van der Waals surface area contributed by atoms with Crippen molar-refractivity contribution in [2.75, 3.05) is 0 Å². The zero-order valence-corrected chi connectivity index (χ0v) is 13.3. The zero-order valence-electron chi connectivity index (χ0n) is 12.5. The standard InChI is InChI=1S/C17H18ClN3O/c1-2-3-4-10-20-11-9-16(22)21-12-15(19-17(20)21)13-5-7-14(18)8-6-13/h5-9,11-12H,2-4,10H2,1H3. The summed E-state index contributed by atoms with van der Waals surface area (Å²) in [5, 5.41) is 0.687. The molecule has 5 heteroatoms. The SMILES string of the molecule is CCCCCn1ccc(=O)n2cc(-c3ccc(Cl)cc3)nc12. The molecule has 2 heterocycles. The van der Waals surface area contributed by atoms with Crippen molar-refractivity contribution in [3.63, 3.8) is 0 Å². The summed E-state index contributed by atoms with van der Waals surface area (Å²) in [6.45, 7) is 3.05. The third-order valence-electron chi connectivity index (χ3n) is 3.72. The molecule has 0 saturated carbocycles. The van der Waals surface area contributed by atoms with Crippen molar-refractivity contribution in [3.05, 3.63) is 58.1 Å². The molecule has 0 aliphatic carbocycles. The first kappa shape index (κ1) is 14.9. The monoisotopic (exact) mass is 315 g/mol. The summed E-state index contributed by atoms with van der Waals surface area (Å²) in [5.41, 5.74) is 1.67. The lowest BCUT2D eigenvalue weighted by Crippen LogP contribution is -2.15. The number of halogens is 1. The molecule has 0 saturated heterocycles. The molecule has 0 N–H and O–H groups in total. The van der Waals surface area contributed by atoms with Crippen molar-refractivity contribution >= 4 is 17.4 Å². The van der Waals surface area contributed by atoms with E-state index in [1.165, 1.54) is 12.8 Å². The van der Waals surface area contributed by atoms with E-state index >= 15 is 0 Å². The molecule has 0 atom stereocenters. The second-order valence-electron chi connectivity index (χ2n) is 5.36. The molecule has 0 spiro atoms. The molecule has 0 aliphatic heterocycles. The third-order valence-corrected chi connectivity index (χ3v) is 3.97. The van der Waals surface area contributed by atoms with Crippen LogP contribution in [0.5, 0.6) is 0 Å². The van der Waals surface area contributed by atoms with E-state index in [-0.39, 0.29) is 5.56 Å².